The highest BCUT2D eigenvalue weighted by atomic mass is 19.1. The normalized spacial score (nSPS) is 12.9. The van der Waals surface area contributed by atoms with Crippen LogP contribution in [0.4, 0.5) is 14.5 Å². The maximum absolute atomic E-state index is 13.6. The maximum atomic E-state index is 13.6. The van der Waals surface area contributed by atoms with Gasteiger partial charge in [-0.3, -0.25) is 4.79 Å². The van der Waals surface area contributed by atoms with Crippen LogP contribution < -0.4 is 15.8 Å². The van der Waals surface area contributed by atoms with E-state index in [2.05, 4.69) is 5.32 Å². The van der Waals surface area contributed by atoms with Gasteiger partial charge in [0, 0.05) is 17.7 Å². The zero-order valence-electron chi connectivity index (χ0n) is 12.1. The van der Waals surface area contributed by atoms with Crippen LogP contribution in [0.1, 0.15) is 34.1 Å². The van der Waals surface area contributed by atoms with Crippen molar-refractivity contribution >= 4 is 11.6 Å². The van der Waals surface area contributed by atoms with Crippen molar-refractivity contribution in [2.24, 2.45) is 0 Å². The molecule has 0 radical (unpaired) electrons. The molecule has 1 atom stereocenters. The van der Waals surface area contributed by atoms with E-state index in [1.165, 1.54) is 6.92 Å². The average molecular weight is 286 g/mol. The van der Waals surface area contributed by atoms with Gasteiger partial charge in [0.2, 0.25) is 0 Å². The first-order chi connectivity index (χ1) is 9.16. The van der Waals surface area contributed by atoms with Crippen LogP contribution in [-0.2, 0) is 4.79 Å². The Morgan fingerprint density at radius 1 is 1.40 bits per heavy atom. The molecule has 0 saturated heterocycles. The van der Waals surface area contributed by atoms with E-state index in [0.717, 1.165) is 18.6 Å². The van der Waals surface area contributed by atoms with Crippen LogP contribution in [0.25, 0.3) is 0 Å². The standard InChI is InChI=1S/C14H20F2N2O2/c1-5-14(3,4)18-13(19)8(2)20-12-7-9(15)11(17)6-10(12)16/h6-8H,5,17H2,1-4H3,(H,18,19). The molecule has 6 heteroatoms. The molecule has 1 unspecified atom stereocenters. The summed E-state index contributed by atoms with van der Waals surface area (Å²) in [6.45, 7) is 7.12. The van der Waals surface area contributed by atoms with Gasteiger partial charge in [0.1, 0.15) is 5.82 Å². The average Bonchev–Trinajstić information content (AvgIpc) is 2.35. The van der Waals surface area contributed by atoms with Gasteiger partial charge in [0.25, 0.3) is 5.91 Å². The SMILES string of the molecule is CCC(C)(C)NC(=O)C(C)Oc1cc(F)c(N)cc1F. The number of benzene rings is 1. The van der Waals surface area contributed by atoms with Crippen molar-refractivity contribution < 1.29 is 18.3 Å². The van der Waals surface area contributed by atoms with Gasteiger partial charge < -0.3 is 15.8 Å². The zero-order valence-corrected chi connectivity index (χ0v) is 12.1. The number of carbonyl (C=O) groups excluding carboxylic acids is 1. The summed E-state index contributed by atoms with van der Waals surface area (Å²) in [5, 5.41) is 2.77. The Morgan fingerprint density at radius 3 is 2.55 bits per heavy atom. The second kappa shape index (κ2) is 6.07. The fraction of sp³-hybridized carbons (Fsp3) is 0.500. The molecular formula is C14H20F2N2O2. The molecule has 1 aromatic rings. The monoisotopic (exact) mass is 286 g/mol. The van der Waals surface area contributed by atoms with Crippen LogP contribution in [0, 0.1) is 11.6 Å². The molecular weight excluding hydrogens is 266 g/mol. The summed E-state index contributed by atoms with van der Waals surface area (Å²) in [4.78, 5) is 11.9. The largest absolute Gasteiger partial charge is 0.478 e. The zero-order chi connectivity index (χ0) is 15.5. The molecule has 0 fully saturated rings. The van der Waals surface area contributed by atoms with Crippen LogP contribution >= 0.6 is 0 Å². The van der Waals surface area contributed by atoms with Crippen LogP contribution in [0.15, 0.2) is 12.1 Å². The van der Waals surface area contributed by atoms with Crippen LogP contribution in [0.2, 0.25) is 0 Å². The minimum Gasteiger partial charge on any atom is -0.478 e. The lowest BCUT2D eigenvalue weighted by atomic mass is 10.0. The summed E-state index contributed by atoms with van der Waals surface area (Å²) in [6.07, 6.45) is -0.214. The van der Waals surface area contributed by atoms with E-state index in [1.807, 2.05) is 20.8 Å². The van der Waals surface area contributed by atoms with E-state index in [9.17, 15) is 13.6 Å². The lowest BCUT2D eigenvalue weighted by Crippen LogP contribution is -2.48. The first-order valence-electron chi connectivity index (χ1n) is 6.39. The van der Waals surface area contributed by atoms with Crippen molar-refractivity contribution in [3.63, 3.8) is 0 Å². The smallest absolute Gasteiger partial charge is 0.261 e. The Morgan fingerprint density at radius 2 is 2.00 bits per heavy atom. The minimum absolute atomic E-state index is 0.306. The number of halogens is 2. The minimum atomic E-state index is -0.946. The number of nitrogens with two attached hydrogens (primary N) is 1. The third kappa shape index (κ3) is 4.08. The van der Waals surface area contributed by atoms with Crippen LogP contribution in [0.5, 0.6) is 5.75 Å². The summed E-state index contributed by atoms with van der Waals surface area (Å²) in [5.74, 6) is -2.33. The molecule has 3 N–H and O–H groups in total. The quantitative estimate of drug-likeness (QED) is 0.818. The predicted molar refractivity (Wildman–Crippen MR) is 73.4 cm³/mol. The number of ether oxygens (including phenoxy) is 1. The van der Waals surface area contributed by atoms with Gasteiger partial charge >= 0.3 is 0 Å². The summed E-state index contributed by atoms with van der Waals surface area (Å²) in [6, 6.07) is 1.66. The summed E-state index contributed by atoms with van der Waals surface area (Å²) < 4.78 is 32.0. The Labute approximate surface area is 117 Å². The summed E-state index contributed by atoms with van der Waals surface area (Å²) in [5.41, 5.74) is 4.54. The van der Waals surface area contributed by atoms with Crippen molar-refractivity contribution in [2.75, 3.05) is 5.73 Å². The molecule has 0 aliphatic carbocycles. The van der Waals surface area contributed by atoms with E-state index in [-0.39, 0.29) is 17.0 Å². The predicted octanol–water partition coefficient (Wildman–Crippen LogP) is 2.62. The topological polar surface area (TPSA) is 64.3 Å². The molecule has 1 amide bonds. The highest BCUT2D eigenvalue weighted by Gasteiger charge is 2.24. The molecule has 0 saturated carbocycles. The van der Waals surface area contributed by atoms with Crippen molar-refractivity contribution in [1.82, 2.24) is 5.32 Å². The Balaban J connectivity index is 2.78. The van der Waals surface area contributed by atoms with Gasteiger partial charge in [0.05, 0.1) is 5.69 Å². The molecule has 20 heavy (non-hydrogen) atoms. The van der Waals surface area contributed by atoms with Crippen LogP contribution in [-0.4, -0.2) is 17.6 Å². The number of anilines is 1. The van der Waals surface area contributed by atoms with Gasteiger partial charge in [-0.05, 0) is 27.2 Å². The number of nitrogens with one attached hydrogen (secondary N) is 1. The Hall–Kier alpha value is -1.85. The summed E-state index contributed by atoms with van der Waals surface area (Å²) >= 11 is 0. The Kier molecular flexibility index (Phi) is 4.92. The van der Waals surface area contributed by atoms with Gasteiger partial charge in [-0.2, -0.15) is 0 Å². The molecule has 1 rings (SSSR count). The van der Waals surface area contributed by atoms with Gasteiger partial charge in [-0.1, -0.05) is 6.92 Å². The number of rotatable bonds is 5. The van der Waals surface area contributed by atoms with Gasteiger partial charge in [0.15, 0.2) is 17.7 Å². The molecule has 0 aliphatic heterocycles. The maximum Gasteiger partial charge on any atom is 0.261 e. The van der Waals surface area contributed by atoms with Crippen molar-refractivity contribution in [2.45, 2.75) is 45.8 Å². The molecule has 0 bridgehead atoms. The van der Waals surface area contributed by atoms with Crippen molar-refractivity contribution in [1.29, 1.82) is 0 Å². The highest BCUT2D eigenvalue weighted by molar-refractivity contribution is 5.81. The second-order valence-electron chi connectivity index (χ2n) is 5.29. The van der Waals surface area contributed by atoms with Crippen LogP contribution in [0.3, 0.4) is 0 Å². The molecule has 0 aromatic heterocycles. The molecule has 0 heterocycles. The number of carbonyl (C=O) groups is 1. The number of hydrogen-bond donors (Lipinski definition) is 2. The summed E-state index contributed by atoms with van der Waals surface area (Å²) in [7, 11) is 0. The van der Waals surface area contributed by atoms with Crippen molar-refractivity contribution in [3.8, 4) is 5.75 Å². The highest BCUT2D eigenvalue weighted by Crippen LogP contribution is 2.24. The van der Waals surface area contributed by atoms with E-state index in [4.69, 9.17) is 10.5 Å². The molecule has 4 nitrogen and oxygen atoms in total. The van der Waals surface area contributed by atoms with E-state index >= 15 is 0 Å². The fourth-order valence-corrected chi connectivity index (χ4v) is 1.40. The van der Waals surface area contributed by atoms with Gasteiger partial charge in [-0.15, -0.1) is 0 Å². The van der Waals surface area contributed by atoms with E-state index in [0.29, 0.717) is 0 Å². The second-order valence-corrected chi connectivity index (χ2v) is 5.29. The number of hydrogen-bond acceptors (Lipinski definition) is 3. The first kappa shape index (κ1) is 16.2. The van der Waals surface area contributed by atoms with Gasteiger partial charge in [-0.25, -0.2) is 8.78 Å². The third-order valence-electron chi connectivity index (χ3n) is 3.07. The molecule has 1 aromatic carbocycles. The fourth-order valence-electron chi connectivity index (χ4n) is 1.40. The van der Waals surface area contributed by atoms with E-state index < -0.39 is 23.6 Å². The third-order valence-corrected chi connectivity index (χ3v) is 3.07. The lowest BCUT2D eigenvalue weighted by Gasteiger charge is -2.26. The molecule has 0 spiro atoms. The number of amides is 1. The first-order valence-corrected chi connectivity index (χ1v) is 6.39. The van der Waals surface area contributed by atoms with E-state index in [1.54, 1.807) is 0 Å². The molecule has 112 valence electrons. The van der Waals surface area contributed by atoms with Crippen molar-refractivity contribution in [3.05, 3.63) is 23.8 Å². The Bertz CT molecular complexity index is 504. The molecule has 0 aliphatic rings. The number of nitrogen functional groups attached to an aromatic ring is 1. The lowest BCUT2D eigenvalue weighted by molar-refractivity contribution is -0.129.